The maximum absolute atomic E-state index is 13.5. The van der Waals surface area contributed by atoms with E-state index in [1.165, 1.54) is 20.3 Å². The van der Waals surface area contributed by atoms with E-state index in [0.29, 0.717) is 0 Å². The predicted molar refractivity (Wildman–Crippen MR) is 97.1 cm³/mol. The molecule has 136 valence electrons. The third kappa shape index (κ3) is 1.73. The molecule has 0 amide bonds. The van der Waals surface area contributed by atoms with Crippen molar-refractivity contribution >= 4 is 29.0 Å². The van der Waals surface area contributed by atoms with Crippen molar-refractivity contribution in [1.82, 2.24) is 0 Å². The van der Waals surface area contributed by atoms with Crippen LogP contribution in [0, 0.1) is 0 Å². The number of carbonyl (C=O) groups is 1. The molecule has 2 aliphatic rings. The van der Waals surface area contributed by atoms with Crippen molar-refractivity contribution in [3.8, 4) is 0 Å². The quantitative estimate of drug-likeness (QED) is 0.481. The van der Waals surface area contributed by atoms with E-state index in [1.54, 1.807) is 0 Å². The molecule has 0 radical (unpaired) electrons. The number of methoxy groups -OCH3 is 2. The first-order valence-electron chi connectivity index (χ1n) is 8.07. The summed E-state index contributed by atoms with van der Waals surface area (Å²) < 4.78 is 11.3. The summed E-state index contributed by atoms with van der Waals surface area (Å²) in [7, 11) is 2.78. The molecule has 2 saturated carbocycles. The van der Waals surface area contributed by atoms with E-state index in [1.807, 2.05) is 37.3 Å². The second-order valence-corrected chi connectivity index (χ2v) is 8.25. The summed E-state index contributed by atoms with van der Waals surface area (Å²) in [6, 6.07) is 9.40. The zero-order chi connectivity index (χ0) is 18.7. The van der Waals surface area contributed by atoms with Crippen molar-refractivity contribution in [3.05, 3.63) is 48.6 Å². The number of alkyl halides is 2. The number of fused-ring (bicyclic) bond motifs is 2. The van der Waals surface area contributed by atoms with E-state index in [9.17, 15) is 9.90 Å². The van der Waals surface area contributed by atoms with Gasteiger partial charge in [0.2, 0.25) is 5.79 Å². The molecule has 0 aliphatic heterocycles. The number of rotatable bonds is 5. The molecule has 4 nitrogen and oxygen atoms in total. The Hall–Kier alpha value is -0.910. The van der Waals surface area contributed by atoms with E-state index < -0.39 is 32.3 Å². The molecule has 0 saturated heterocycles. The van der Waals surface area contributed by atoms with Crippen LogP contribution >= 0.6 is 23.2 Å². The van der Waals surface area contributed by atoms with Gasteiger partial charge in [-0.3, -0.25) is 4.79 Å². The van der Waals surface area contributed by atoms with Crippen molar-refractivity contribution in [3.63, 3.8) is 0 Å². The summed E-state index contributed by atoms with van der Waals surface area (Å²) in [6.07, 6.45) is 1.62. The van der Waals surface area contributed by atoms with Crippen LogP contribution < -0.4 is 0 Å². The molecule has 2 aliphatic carbocycles. The molecule has 6 heteroatoms. The fraction of sp³-hybridized carbons (Fsp3) is 0.526. The lowest BCUT2D eigenvalue weighted by atomic mass is 9.64. The molecule has 25 heavy (non-hydrogen) atoms. The van der Waals surface area contributed by atoms with Crippen molar-refractivity contribution in [2.24, 2.45) is 0 Å². The van der Waals surface area contributed by atoms with Gasteiger partial charge in [0, 0.05) is 26.1 Å². The van der Waals surface area contributed by atoms with E-state index in [4.69, 9.17) is 32.7 Å². The van der Waals surface area contributed by atoms with Crippen molar-refractivity contribution < 1.29 is 19.4 Å². The number of hydrogen-bond donors (Lipinski definition) is 1. The minimum absolute atomic E-state index is 0.0385. The first-order valence-corrected chi connectivity index (χ1v) is 8.82. The Labute approximate surface area is 157 Å². The summed E-state index contributed by atoms with van der Waals surface area (Å²) in [5, 5.41) is 11.3. The van der Waals surface area contributed by atoms with Crippen molar-refractivity contribution in [2.75, 3.05) is 14.2 Å². The van der Waals surface area contributed by atoms with Gasteiger partial charge in [-0.2, -0.15) is 0 Å². The molecule has 0 heterocycles. The number of aliphatic hydroxyl groups is 1. The normalized spacial score (nSPS) is 41.9. The maximum Gasteiger partial charge on any atom is 0.218 e. The molecule has 4 atom stereocenters. The van der Waals surface area contributed by atoms with Crippen molar-refractivity contribution in [2.45, 2.75) is 46.3 Å². The molecule has 2 fully saturated rings. The van der Waals surface area contributed by atoms with Gasteiger partial charge in [0.1, 0.15) is 4.87 Å². The molecule has 0 aromatic heterocycles. The Kier molecular flexibility index (Phi) is 4.18. The molecular weight excluding hydrogens is 363 g/mol. The Morgan fingerprint density at radius 2 is 1.80 bits per heavy atom. The smallest absolute Gasteiger partial charge is 0.218 e. The average Bonchev–Trinajstić information content (AvgIpc) is 2.84. The van der Waals surface area contributed by atoms with E-state index >= 15 is 0 Å². The van der Waals surface area contributed by atoms with E-state index in [-0.39, 0.29) is 12.8 Å². The van der Waals surface area contributed by atoms with Crippen LogP contribution in [0.1, 0.15) is 25.3 Å². The van der Waals surface area contributed by atoms with Crippen LogP contribution in [0.15, 0.2) is 43.0 Å². The van der Waals surface area contributed by atoms with Gasteiger partial charge in [-0.1, -0.05) is 43.3 Å². The van der Waals surface area contributed by atoms with Crippen LogP contribution in [0.3, 0.4) is 0 Å². The highest BCUT2D eigenvalue weighted by molar-refractivity contribution is 6.45. The second kappa shape index (κ2) is 5.54. The number of halogens is 2. The minimum atomic E-state index is -1.93. The lowest BCUT2D eigenvalue weighted by Gasteiger charge is -2.45. The van der Waals surface area contributed by atoms with Gasteiger partial charge in [0.25, 0.3) is 0 Å². The highest BCUT2D eigenvalue weighted by atomic mass is 35.5. The van der Waals surface area contributed by atoms with Crippen LogP contribution in [0.5, 0.6) is 0 Å². The molecule has 0 unspecified atom stereocenters. The predicted octanol–water partition coefficient (Wildman–Crippen LogP) is 3.18. The van der Waals surface area contributed by atoms with Crippen LogP contribution in [0.25, 0.3) is 0 Å². The highest BCUT2D eigenvalue weighted by Gasteiger charge is 2.93. The summed E-state index contributed by atoms with van der Waals surface area (Å²) in [5.74, 6) is -2.29. The monoisotopic (exact) mass is 384 g/mol. The first kappa shape index (κ1) is 18.9. The third-order valence-electron chi connectivity index (χ3n) is 6.10. The van der Waals surface area contributed by atoms with Gasteiger partial charge in [-0.25, -0.2) is 0 Å². The largest absolute Gasteiger partial charge is 0.380 e. The Morgan fingerprint density at radius 1 is 1.24 bits per heavy atom. The standard InChI is InChI=1S/C19H22Cl2O4/c1-5-11-16(23)14(22)18(21)15(2,13-9-7-6-8-10-13)12-17(16,20)19(18,24-3)25-4/h5-10,23H,1,11-12H2,2-4H3/t15-,16+,17-,18-/m0/s1. The van der Waals surface area contributed by atoms with Gasteiger partial charge in [-0.15, -0.1) is 29.8 Å². The summed E-state index contributed by atoms with van der Waals surface area (Å²) in [6.45, 7) is 5.50. The zero-order valence-electron chi connectivity index (χ0n) is 14.5. The van der Waals surface area contributed by atoms with Crippen LogP contribution in [-0.2, 0) is 19.7 Å². The van der Waals surface area contributed by atoms with Crippen LogP contribution in [0.4, 0.5) is 0 Å². The average molecular weight is 385 g/mol. The minimum Gasteiger partial charge on any atom is -0.380 e. The molecule has 1 aromatic carbocycles. The van der Waals surface area contributed by atoms with E-state index in [2.05, 4.69) is 6.58 Å². The topological polar surface area (TPSA) is 55.8 Å². The number of benzene rings is 1. The Balaban J connectivity index is 2.34. The fourth-order valence-corrected chi connectivity index (χ4v) is 6.33. The number of hydrogen-bond acceptors (Lipinski definition) is 4. The lowest BCUT2D eigenvalue weighted by molar-refractivity contribution is -0.232. The van der Waals surface area contributed by atoms with Crippen molar-refractivity contribution in [1.29, 1.82) is 0 Å². The van der Waals surface area contributed by atoms with E-state index in [0.717, 1.165) is 5.56 Å². The number of ketones is 1. The number of carbonyl (C=O) groups excluding carboxylic acids is 1. The maximum atomic E-state index is 13.5. The Morgan fingerprint density at radius 3 is 2.28 bits per heavy atom. The zero-order valence-corrected chi connectivity index (χ0v) is 16.0. The molecule has 0 spiro atoms. The third-order valence-corrected chi connectivity index (χ3v) is 7.63. The SMILES string of the molecule is C=CC[C@@]1(O)C(=O)[C@@]2(Cl)C(OC)(OC)[C@]1(Cl)C[C@@]2(C)c1ccccc1. The number of ether oxygens (including phenoxy) is 2. The summed E-state index contributed by atoms with van der Waals surface area (Å²) >= 11 is 14.0. The first-order chi connectivity index (χ1) is 11.6. The molecule has 2 bridgehead atoms. The molecule has 1 N–H and O–H groups in total. The van der Waals surface area contributed by atoms with Gasteiger partial charge in [0.05, 0.1) is 0 Å². The van der Waals surface area contributed by atoms with Gasteiger partial charge >= 0.3 is 0 Å². The van der Waals surface area contributed by atoms with Gasteiger partial charge in [-0.05, 0) is 12.0 Å². The summed E-state index contributed by atoms with van der Waals surface area (Å²) in [5.41, 5.74) is -1.99. The van der Waals surface area contributed by atoms with Gasteiger partial charge in [0.15, 0.2) is 16.3 Å². The molecular formula is C19H22Cl2O4. The molecule has 1 aromatic rings. The molecule has 3 rings (SSSR count). The van der Waals surface area contributed by atoms with Crippen LogP contribution in [0.2, 0.25) is 0 Å². The second-order valence-electron chi connectivity index (χ2n) is 7.04. The fourth-order valence-electron chi connectivity index (χ4n) is 4.90. The number of Topliss-reactive ketones (excluding diaryl/α,β-unsaturated/α-hetero) is 1. The van der Waals surface area contributed by atoms with Crippen LogP contribution in [-0.4, -0.2) is 46.2 Å². The lowest BCUT2D eigenvalue weighted by Crippen LogP contribution is -2.61. The highest BCUT2D eigenvalue weighted by Crippen LogP contribution is 2.74. The summed E-state index contributed by atoms with van der Waals surface area (Å²) in [4.78, 5) is 10.2. The Bertz CT molecular complexity index is 719. The van der Waals surface area contributed by atoms with Gasteiger partial charge < -0.3 is 14.6 Å².